The summed E-state index contributed by atoms with van der Waals surface area (Å²) in [7, 11) is 0. The molecule has 5 nitrogen and oxygen atoms in total. The van der Waals surface area contributed by atoms with Gasteiger partial charge in [-0.3, -0.25) is 9.48 Å². The number of nitrogens with zero attached hydrogens (tertiary/aromatic N) is 3. The third-order valence-corrected chi connectivity index (χ3v) is 3.48. The van der Waals surface area contributed by atoms with E-state index in [4.69, 9.17) is 5.73 Å². The van der Waals surface area contributed by atoms with Gasteiger partial charge in [-0.2, -0.15) is 5.10 Å². The van der Waals surface area contributed by atoms with Gasteiger partial charge in [0.2, 0.25) is 0 Å². The van der Waals surface area contributed by atoms with Crippen LogP contribution >= 0.6 is 0 Å². The molecule has 1 aromatic rings. The number of carbonyl (C=O) groups excluding carboxylic acids is 1. The zero-order valence-electron chi connectivity index (χ0n) is 12.2. The Kier molecular flexibility index (Phi) is 3.94. The van der Waals surface area contributed by atoms with Gasteiger partial charge in [0.15, 0.2) is 0 Å². The average Bonchev–Trinajstić information content (AvgIpc) is 2.78. The molecule has 0 radical (unpaired) electrons. The molecule has 0 aromatic carbocycles. The molecule has 1 amide bonds. The Bertz CT molecular complexity index is 542. The van der Waals surface area contributed by atoms with Crippen LogP contribution in [0.25, 0.3) is 0 Å². The average molecular weight is 280 g/mol. The lowest BCUT2D eigenvalue weighted by Crippen LogP contribution is -2.49. The van der Waals surface area contributed by atoms with Gasteiger partial charge in [0.25, 0.3) is 5.91 Å². The Labute approximate surface area is 118 Å². The highest BCUT2D eigenvalue weighted by Crippen LogP contribution is 2.24. The van der Waals surface area contributed by atoms with Gasteiger partial charge in [0, 0.05) is 31.2 Å². The molecule has 0 unspecified atom stereocenters. The minimum Gasteiger partial charge on any atom is -0.333 e. The third kappa shape index (κ3) is 2.75. The summed E-state index contributed by atoms with van der Waals surface area (Å²) in [5.74, 6) is -0.0106. The van der Waals surface area contributed by atoms with Crippen LogP contribution in [0.15, 0.2) is 18.1 Å². The molecule has 20 heavy (non-hydrogen) atoms. The second kappa shape index (κ2) is 5.36. The van der Waals surface area contributed by atoms with Crippen LogP contribution in [0, 0.1) is 0 Å². The Morgan fingerprint density at radius 2 is 2.25 bits per heavy atom. The fourth-order valence-electron chi connectivity index (χ4n) is 2.36. The number of fused-ring (bicyclic) bond motifs is 1. The Hall–Kier alpha value is -1.69. The Morgan fingerprint density at radius 3 is 2.80 bits per heavy atom. The zero-order chi connectivity index (χ0) is 14.9. The highest BCUT2D eigenvalue weighted by Gasteiger charge is 2.33. The maximum Gasteiger partial charge on any atom is 0.257 e. The van der Waals surface area contributed by atoms with Crippen molar-refractivity contribution in [3.05, 3.63) is 29.4 Å². The maximum atomic E-state index is 12.6. The number of aromatic nitrogens is 2. The second-order valence-corrected chi connectivity index (χ2v) is 6.04. The monoisotopic (exact) mass is 280 g/mol. The van der Waals surface area contributed by atoms with E-state index in [2.05, 4.69) is 5.10 Å². The summed E-state index contributed by atoms with van der Waals surface area (Å²) in [4.78, 5) is 14.3. The highest BCUT2D eigenvalue weighted by molar-refractivity contribution is 5.96. The van der Waals surface area contributed by atoms with Gasteiger partial charge in [-0.05, 0) is 26.3 Å². The number of nitrogens with two attached hydrogens (primary N) is 1. The number of amides is 1. The summed E-state index contributed by atoms with van der Waals surface area (Å²) < 4.78 is 14.2. The zero-order valence-corrected chi connectivity index (χ0v) is 12.2. The molecule has 2 heterocycles. The van der Waals surface area contributed by atoms with Crippen molar-refractivity contribution in [3.8, 4) is 0 Å². The molecule has 110 valence electrons. The van der Waals surface area contributed by atoms with Crippen LogP contribution in [0.2, 0.25) is 0 Å². The van der Waals surface area contributed by atoms with Gasteiger partial charge in [-0.25, -0.2) is 4.39 Å². The fraction of sp³-hybridized carbons (Fsp3) is 0.571. The lowest BCUT2D eigenvalue weighted by Gasteiger charge is -2.37. The molecule has 1 aromatic heterocycles. The van der Waals surface area contributed by atoms with Gasteiger partial charge < -0.3 is 10.6 Å². The van der Waals surface area contributed by atoms with E-state index in [1.807, 2.05) is 25.7 Å². The first-order valence-electron chi connectivity index (χ1n) is 6.73. The second-order valence-electron chi connectivity index (χ2n) is 6.04. The number of carbonyl (C=O) groups is 1. The predicted molar refractivity (Wildman–Crippen MR) is 75.0 cm³/mol. The summed E-state index contributed by atoms with van der Waals surface area (Å²) in [5, 5.41) is 4.36. The number of hydrogen-bond acceptors (Lipinski definition) is 3. The normalized spacial score (nSPS) is 16.6. The number of hydrogen-bond donors (Lipinski definition) is 1. The van der Waals surface area contributed by atoms with Crippen molar-refractivity contribution in [2.75, 3.05) is 13.1 Å². The van der Waals surface area contributed by atoms with E-state index in [-0.39, 0.29) is 24.5 Å². The van der Waals surface area contributed by atoms with Crippen molar-refractivity contribution in [2.24, 2.45) is 5.73 Å². The van der Waals surface area contributed by atoms with E-state index in [9.17, 15) is 9.18 Å². The van der Waals surface area contributed by atoms with E-state index >= 15 is 0 Å². The first-order chi connectivity index (χ1) is 9.36. The summed E-state index contributed by atoms with van der Waals surface area (Å²) in [6, 6.07) is 0. The molecule has 0 saturated carbocycles. The largest absolute Gasteiger partial charge is 0.333 e. The molecule has 2 N–H and O–H groups in total. The van der Waals surface area contributed by atoms with Crippen molar-refractivity contribution in [3.63, 3.8) is 0 Å². The molecule has 2 rings (SSSR count). The van der Waals surface area contributed by atoms with Crippen LogP contribution in [0.1, 0.15) is 36.8 Å². The van der Waals surface area contributed by atoms with Crippen molar-refractivity contribution in [2.45, 2.75) is 39.3 Å². The first-order valence-corrected chi connectivity index (χ1v) is 6.73. The van der Waals surface area contributed by atoms with Crippen molar-refractivity contribution in [1.82, 2.24) is 14.7 Å². The molecular formula is C14H21FN4O. The molecular weight excluding hydrogens is 259 g/mol. The molecule has 0 aliphatic carbocycles. The van der Waals surface area contributed by atoms with Crippen LogP contribution in [0.4, 0.5) is 4.39 Å². The smallest absolute Gasteiger partial charge is 0.257 e. The van der Waals surface area contributed by atoms with Crippen molar-refractivity contribution < 1.29 is 9.18 Å². The van der Waals surface area contributed by atoms with Crippen molar-refractivity contribution in [1.29, 1.82) is 0 Å². The first kappa shape index (κ1) is 14.7. The van der Waals surface area contributed by atoms with Crippen LogP contribution in [-0.4, -0.2) is 39.2 Å². The van der Waals surface area contributed by atoms with Crippen molar-refractivity contribution >= 4 is 5.91 Å². The SMILES string of the molecule is CC(C)(C)N1CCc2nn(CC(=CF)CN)cc2C1=O. The van der Waals surface area contributed by atoms with E-state index in [0.717, 1.165) is 12.1 Å². The van der Waals surface area contributed by atoms with Crippen LogP contribution in [0.3, 0.4) is 0 Å². The predicted octanol–water partition coefficient (Wildman–Crippen LogP) is 1.49. The number of rotatable bonds is 3. The lowest BCUT2D eigenvalue weighted by atomic mass is 9.99. The third-order valence-electron chi connectivity index (χ3n) is 3.48. The van der Waals surface area contributed by atoms with Crippen LogP contribution in [0.5, 0.6) is 0 Å². The Morgan fingerprint density at radius 1 is 1.55 bits per heavy atom. The summed E-state index contributed by atoms with van der Waals surface area (Å²) in [6.07, 6.45) is 2.92. The molecule has 6 heteroatoms. The minimum absolute atomic E-state index is 0.0106. The summed E-state index contributed by atoms with van der Waals surface area (Å²) >= 11 is 0. The summed E-state index contributed by atoms with van der Waals surface area (Å²) in [5.41, 5.74) is 7.07. The van der Waals surface area contributed by atoms with Gasteiger partial charge in [0.05, 0.1) is 24.1 Å². The fourth-order valence-corrected chi connectivity index (χ4v) is 2.36. The molecule has 1 aliphatic rings. The van der Waals surface area contributed by atoms with Gasteiger partial charge in [0.1, 0.15) is 0 Å². The van der Waals surface area contributed by atoms with Crippen LogP contribution in [-0.2, 0) is 13.0 Å². The lowest BCUT2D eigenvalue weighted by molar-refractivity contribution is 0.0561. The molecule has 1 aliphatic heterocycles. The molecule has 0 bridgehead atoms. The summed E-state index contributed by atoms with van der Waals surface area (Å²) in [6.45, 7) is 7.12. The molecule has 0 spiro atoms. The van der Waals surface area contributed by atoms with E-state index in [1.165, 1.54) is 0 Å². The maximum absolute atomic E-state index is 12.6. The van der Waals surface area contributed by atoms with E-state index in [1.54, 1.807) is 10.9 Å². The highest BCUT2D eigenvalue weighted by atomic mass is 19.1. The Balaban J connectivity index is 2.25. The van der Waals surface area contributed by atoms with Crippen LogP contribution < -0.4 is 5.73 Å². The van der Waals surface area contributed by atoms with Gasteiger partial charge in [-0.15, -0.1) is 0 Å². The number of halogens is 1. The van der Waals surface area contributed by atoms with E-state index < -0.39 is 0 Å². The van der Waals surface area contributed by atoms with Gasteiger partial charge >= 0.3 is 0 Å². The standard InChI is InChI=1S/C14H21FN4O/c1-14(2,3)19-5-4-12-11(13(19)20)9-18(17-12)8-10(6-15)7-16/h6,9H,4-5,7-8,16H2,1-3H3. The quantitative estimate of drug-likeness (QED) is 0.912. The van der Waals surface area contributed by atoms with Gasteiger partial charge in [-0.1, -0.05) is 0 Å². The van der Waals surface area contributed by atoms with E-state index in [0.29, 0.717) is 24.0 Å². The molecule has 0 saturated heterocycles. The molecule has 0 atom stereocenters. The minimum atomic E-state index is -0.210. The molecule has 0 fully saturated rings. The topological polar surface area (TPSA) is 64.2 Å².